The van der Waals surface area contributed by atoms with Crippen LogP contribution in [0, 0.1) is 6.92 Å². The number of likely N-dealkylation sites (N-methyl/N-ethyl adjacent to an activating group) is 1. The molecule has 4 aliphatic rings. The van der Waals surface area contributed by atoms with Gasteiger partial charge in [-0.05, 0) is 74.1 Å². The fraction of sp³-hybridized carbons (Fsp3) is 0.378. The monoisotopic (exact) mass is 737 g/mol. The highest BCUT2D eigenvalue weighted by molar-refractivity contribution is 7.91. The number of aromatic nitrogens is 5. The van der Waals surface area contributed by atoms with E-state index < -0.39 is 9.84 Å². The van der Waals surface area contributed by atoms with Crippen LogP contribution in [0.4, 0.5) is 21.9 Å². The first-order chi connectivity index (χ1) is 25.5. The average molecular weight is 738 g/mol. The Kier molecular flexibility index (Phi) is 8.71. The lowest BCUT2D eigenvalue weighted by Gasteiger charge is -2.30. The average Bonchev–Trinajstić information content (AvgIpc) is 4.07. The molecule has 2 saturated heterocycles. The van der Waals surface area contributed by atoms with E-state index in [1.807, 2.05) is 41.8 Å². The van der Waals surface area contributed by atoms with Crippen molar-refractivity contribution >= 4 is 61.9 Å². The quantitative estimate of drug-likeness (QED) is 0.172. The smallest absolute Gasteiger partial charge is 0.331 e. The van der Waals surface area contributed by atoms with E-state index in [9.17, 15) is 18.0 Å². The van der Waals surface area contributed by atoms with Crippen molar-refractivity contribution in [2.75, 3.05) is 53.3 Å². The number of carbonyl (C=O) groups is 3. The number of hydrogen-bond donors (Lipinski definition) is 2. The van der Waals surface area contributed by atoms with Gasteiger partial charge in [-0.2, -0.15) is 0 Å². The van der Waals surface area contributed by atoms with E-state index in [1.54, 1.807) is 6.20 Å². The number of nitrogens with zero attached hydrogens (tertiary/aromatic N) is 8. The Hall–Kier alpha value is -5.64. The number of hydrogen-bond acceptors (Lipinski definition) is 11. The van der Waals surface area contributed by atoms with Gasteiger partial charge < -0.3 is 19.7 Å². The second-order valence-corrected chi connectivity index (χ2v) is 16.4. The largest absolute Gasteiger partial charge is 0.483 e. The standard InChI is InChI=1S/C36H37N9O4S.CH2O2/c1-21-7-8-37-34(39-21)28-15-27(28)30-16-31(43-9-11-50(48,49)12-10-43)26-6-5-24(14-29(26)41-30)38-17-25-19-44-18-23(22-3-4-22)13-32(35(44)40-25)45-20-33(46)42(2)36(45)47;2-1-3/h5-8,13-14,16,18-19,22,27-28,38H,3-4,9-12,15,17,20H2,1-2H3;1H,(H,2,3)/t27-,28-;/m0./s1. The SMILES string of the molecule is Cc1ccnc([C@H]2C[C@@H]2c2cc(N3CCS(=O)(=O)CC3)c3ccc(NCc4cn5cc(C6CC6)cc(N6CC(=O)N(C)C6=O)c5n4)cc3n2)n1.O=CO. The van der Waals surface area contributed by atoms with Crippen molar-refractivity contribution in [1.82, 2.24) is 29.2 Å². The van der Waals surface area contributed by atoms with Crippen LogP contribution in [0.3, 0.4) is 0 Å². The minimum absolute atomic E-state index is 0.000477. The third-order valence-electron chi connectivity index (χ3n) is 10.4. The van der Waals surface area contributed by atoms with Crippen LogP contribution >= 0.6 is 0 Å². The highest BCUT2D eigenvalue weighted by Gasteiger charge is 2.43. The van der Waals surface area contributed by atoms with Gasteiger partial charge in [-0.25, -0.2) is 28.2 Å². The van der Waals surface area contributed by atoms with Gasteiger partial charge in [-0.1, -0.05) is 0 Å². The minimum Gasteiger partial charge on any atom is -0.483 e. The van der Waals surface area contributed by atoms with Gasteiger partial charge in [0.25, 0.3) is 6.47 Å². The Morgan fingerprint density at radius 3 is 2.45 bits per heavy atom. The zero-order valence-electron chi connectivity index (χ0n) is 29.3. The minimum atomic E-state index is -3.04. The number of urea groups is 1. The number of carbonyl (C=O) groups excluding carboxylic acids is 2. The number of aryl methyl sites for hydroxylation is 1. The van der Waals surface area contributed by atoms with Gasteiger partial charge in [0.05, 0.1) is 34.9 Å². The van der Waals surface area contributed by atoms with Gasteiger partial charge in [0.15, 0.2) is 15.5 Å². The molecule has 2 atom stereocenters. The van der Waals surface area contributed by atoms with E-state index in [-0.39, 0.29) is 48.3 Å². The lowest BCUT2D eigenvalue weighted by molar-refractivity contribution is -0.124. The number of nitrogens with one attached hydrogen (secondary N) is 1. The van der Waals surface area contributed by atoms with Crippen LogP contribution in [0.25, 0.3) is 16.6 Å². The van der Waals surface area contributed by atoms with Gasteiger partial charge in [-0.3, -0.25) is 24.4 Å². The lowest BCUT2D eigenvalue weighted by atomic mass is 10.1. The zero-order valence-corrected chi connectivity index (χ0v) is 30.2. The number of carboxylic acid groups (broad SMARTS) is 1. The number of amides is 3. The molecule has 2 saturated carbocycles. The molecule has 3 amide bonds. The molecule has 0 unspecified atom stereocenters. The number of anilines is 3. The molecule has 53 heavy (non-hydrogen) atoms. The molecule has 1 aromatic carbocycles. The molecule has 274 valence electrons. The second kappa shape index (κ2) is 13.4. The van der Waals surface area contributed by atoms with Crippen LogP contribution in [0.15, 0.2) is 55.0 Å². The van der Waals surface area contributed by atoms with Crippen molar-refractivity contribution in [2.24, 2.45) is 0 Å². The van der Waals surface area contributed by atoms with Gasteiger partial charge >= 0.3 is 6.03 Å². The Morgan fingerprint density at radius 1 is 0.981 bits per heavy atom. The summed E-state index contributed by atoms with van der Waals surface area (Å²) in [5.41, 5.74) is 7.84. The Balaban J connectivity index is 0.00000129. The summed E-state index contributed by atoms with van der Waals surface area (Å²) in [4.78, 5) is 57.8. The molecule has 0 radical (unpaired) electrons. The number of fused-ring (bicyclic) bond motifs is 2. The number of imidazole rings is 1. The maximum atomic E-state index is 12.9. The fourth-order valence-electron chi connectivity index (χ4n) is 7.25. The first-order valence-electron chi connectivity index (χ1n) is 17.6. The van der Waals surface area contributed by atoms with Gasteiger partial charge in [0.2, 0.25) is 5.91 Å². The summed E-state index contributed by atoms with van der Waals surface area (Å²) in [5, 5.41) is 11.4. The molecule has 15 nitrogen and oxygen atoms in total. The maximum absolute atomic E-state index is 12.9. The Bertz CT molecular complexity index is 2380. The summed E-state index contributed by atoms with van der Waals surface area (Å²) in [6, 6.07) is 11.8. The molecule has 2 aliphatic carbocycles. The molecule has 0 bridgehead atoms. The summed E-state index contributed by atoms with van der Waals surface area (Å²) in [5.74, 6) is 1.72. The number of pyridine rings is 2. The number of benzene rings is 1. The van der Waals surface area contributed by atoms with E-state index in [0.29, 0.717) is 36.9 Å². The third kappa shape index (κ3) is 6.86. The van der Waals surface area contributed by atoms with E-state index in [0.717, 1.165) is 74.9 Å². The lowest BCUT2D eigenvalue weighted by Crippen LogP contribution is -2.40. The predicted molar refractivity (Wildman–Crippen MR) is 198 cm³/mol. The van der Waals surface area contributed by atoms with E-state index in [2.05, 4.69) is 38.5 Å². The Labute approximate surface area is 305 Å². The van der Waals surface area contributed by atoms with E-state index in [4.69, 9.17) is 19.9 Å². The molecule has 2 aliphatic heterocycles. The van der Waals surface area contributed by atoms with Crippen molar-refractivity contribution < 1.29 is 27.9 Å². The van der Waals surface area contributed by atoms with E-state index in [1.165, 1.54) is 11.9 Å². The molecule has 4 aromatic heterocycles. The predicted octanol–water partition coefficient (Wildman–Crippen LogP) is 4.08. The van der Waals surface area contributed by atoms with Crippen LogP contribution in [-0.4, -0.2) is 99.4 Å². The summed E-state index contributed by atoms with van der Waals surface area (Å²) >= 11 is 0. The molecule has 4 fully saturated rings. The summed E-state index contributed by atoms with van der Waals surface area (Å²) in [7, 11) is -1.53. The van der Waals surface area contributed by atoms with Gasteiger partial charge in [0, 0.05) is 78.7 Å². The van der Waals surface area contributed by atoms with E-state index >= 15 is 0 Å². The summed E-state index contributed by atoms with van der Waals surface area (Å²) in [6.07, 6.45) is 9.00. The van der Waals surface area contributed by atoms with Crippen LogP contribution in [0.1, 0.15) is 65.5 Å². The summed E-state index contributed by atoms with van der Waals surface area (Å²) in [6.45, 7) is 3.05. The van der Waals surface area contributed by atoms with Gasteiger partial charge in [0.1, 0.15) is 12.4 Å². The van der Waals surface area contributed by atoms with Crippen molar-refractivity contribution in [3.05, 3.63) is 83.5 Å². The first kappa shape index (κ1) is 34.4. The second-order valence-electron chi connectivity index (χ2n) is 14.1. The number of rotatable bonds is 8. The molecule has 0 spiro atoms. The molecular weight excluding hydrogens is 699 g/mol. The topological polar surface area (TPSA) is 183 Å². The molecule has 5 aromatic rings. The van der Waals surface area contributed by atoms with Crippen LogP contribution < -0.4 is 15.1 Å². The van der Waals surface area contributed by atoms with Crippen molar-refractivity contribution in [3.8, 4) is 0 Å². The number of sulfone groups is 1. The van der Waals surface area contributed by atoms with Crippen molar-refractivity contribution in [1.29, 1.82) is 0 Å². The molecule has 6 heterocycles. The van der Waals surface area contributed by atoms with Gasteiger partial charge in [-0.15, -0.1) is 0 Å². The van der Waals surface area contributed by atoms with Crippen molar-refractivity contribution in [3.63, 3.8) is 0 Å². The molecule has 9 rings (SSSR count). The zero-order chi connectivity index (χ0) is 37.0. The normalized spacial score (nSPS) is 20.8. The maximum Gasteiger partial charge on any atom is 0.331 e. The molecular formula is C37H39N9O6S. The van der Waals surface area contributed by atoms with Crippen molar-refractivity contribution in [2.45, 2.75) is 50.5 Å². The highest BCUT2D eigenvalue weighted by atomic mass is 32.2. The molecule has 2 N–H and O–H groups in total. The van der Waals surface area contributed by atoms with Crippen LogP contribution in [0.5, 0.6) is 0 Å². The molecule has 16 heteroatoms. The third-order valence-corrected chi connectivity index (χ3v) is 12.0. The van der Waals surface area contributed by atoms with Crippen LogP contribution in [-0.2, 0) is 26.0 Å². The Morgan fingerprint density at radius 2 is 1.75 bits per heavy atom. The number of imide groups is 1. The van der Waals surface area contributed by atoms with Crippen LogP contribution in [0.2, 0.25) is 0 Å². The fourth-order valence-corrected chi connectivity index (χ4v) is 8.45. The first-order valence-corrected chi connectivity index (χ1v) is 19.4. The summed E-state index contributed by atoms with van der Waals surface area (Å²) < 4.78 is 26.5. The highest BCUT2D eigenvalue weighted by Crippen LogP contribution is 2.54.